The second kappa shape index (κ2) is 8.55. The molecule has 5 heteroatoms. The Balaban J connectivity index is 2.22. The summed E-state index contributed by atoms with van der Waals surface area (Å²) in [5.41, 5.74) is 0. The van der Waals surface area contributed by atoms with Crippen LogP contribution < -0.4 is 20.7 Å². The molecule has 4 rings (SSSR count). The molecule has 0 amide bonds. The van der Waals surface area contributed by atoms with Crippen molar-refractivity contribution in [3.63, 3.8) is 0 Å². The minimum absolute atomic E-state index is 0.277. The summed E-state index contributed by atoms with van der Waals surface area (Å²) in [5, 5.41) is 5.90. The summed E-state index contributed by atoms with van der Waals surface area (Å²) in [4.78, 5) is 0. The van der Waals surface area contributed by atoms with E-state index in [-0.39, 0.29) is 10.0 Å². The van der Waals surface area contributed by atoms with Crippen molar-refractivity contribution in [2.24, 2.45) is 0 Å². The van der Waals surface area contributed by atoms with Crippen LogP contribution in [0.2, 0.25) is 20.1 Å². The molecule has 4 aromatic carbocycles. The predicted molar refractivity (Wildman–Crippen MR) is 130 cm³/mol. The number of benzene rings is 4. The molecule has 0 radical (unpaired) electrons. The van der Waals surface area contributed by atoms with Gasteiger partial charge in [-0.05, 0) is 26.8 Å². The highest BCUT2D eigenvalue weighted by molar-refractivity contribution is 7.20. The molecule has 0 aliphatic rings. The molecule has 29 heavy (non-hydrogen) atoms. The maximum absolute atomic E-state index is 6.86. The number of rotatable bonds is 4. The first kappa shape index (κ1) is 20.5. The Kier molecular flexibility index (Phi) is 6.05. The van der Waals surface area contributed by atoms with Gasteiger partial charge in [-0.15, -0.1) is 0 Å². The van der Waals surface area contributed by atoms with E-state index in [1.165, 1.54) is 15.6 Å². The van der Waals surface area contributed by atoms with Crippen LogP contribution in [0.15, 0.2) is 97.1 Å². The second-order valence-electron chi connectivity index (χ2n) is 6.70. The van der Waals surface area contributed by atoms with Crippen LogP contribution in [0.5, 0.6) is 0 Å². The fourth-order valence-electron chi connectivity index (χ4n) is 3.88. The summed E-state index contributed by atoms with van der Waals surface area (Å²) >= 11 is 26.2. The zero-order chi connectivity index (χ0) is 20.4. The van der Waals surface area contributed by atoms with Crippen molar-refractivity contribution in [2.45, 2.75) is 0 Å². The lowest BCUT2D eigenvalue weighted by Gasteiger charge is -2.35. The largest absolute Gasteiger partial charge is 0.181 e. The van der Waals surface area contributed by atoms with Crippen molar-refractivity contribution in [3.05, 3.63) is 117 Å². The maximum atomic E-state index is 6.86. The smallest absolute Gasteiger partial charge is 0.0827 e. The van der Waals surface area contributed by atoms with Crippen LogP contribution in [0.4, 0.5) is 0 Å². The molecule has 0 heterocycles. The van der Waals surface area contributed by atoms with Crippen LogP contribution in [0, 0.1) is 0 Å². The summed E-state index contributed by atoms with van der Waals surface area (Å²) in [6.45, 7) is 0. The Morgan fingerprint density at radius 2 is 0.828 bits per heavy atom. The Morgan fingerprint density at radius 1 is 0.448 bits per heavy atom. The maximum Gasteiger partial charge on any atom is 0.181 e. The third-order valence-electron chi connectivity index (χ3n) is 5.13. The third kappa shape index (κ3) is 3.52. The van der Waals surface area contributed by atoms with Crippen LogP contribution in [-0.4, -0.2) is 8.07 Å². The van der Waals surface area contributed by atoms with Crippen LogP contribution in [0.1, 0.15) is 0 Å². The topological polar surface area (TPSA) is 0 Å². The van der Waals surface area contributed by atoms with E-state index in [1.54, 1.807) is 0 Å². The van der Waals surface area contributed by atoms with Crippen LogP contribution in [-0.2, 0) is 0 Å². The van der Waals surface area contributed by atoms with Gasteiger partial charge in [0, 0.05) is 0 Å². The normalized spacial score (nSPS) is 11.4. The summed E-state index contributed by atoms with van der Waals surface area (Å²) < 4.78 is 0. The predicted octanol–water partition coefficient (Wildman–Crippen LogP) is 5.68. The number of hydrogen-bond acceptors (Lipinski definition) is 0. The van der Waals surface area contributed by atoms with E-state index in [1.807, 2.05) is 24.3 Å². The van der Waals surface area contributed by atoms with Crippen LogP contribution in [0.25, 0.3) is 0 Å². The lowest BCUT2D eigenvalue weighted by Crippen LogP contribution is -2.75. The third-order valence-corrected chi connectivity index (χ3v) is 11.8. The molecular weight excluding hydrogens is 458 g/mol. The van der Waals surface area contributed by atoms with Crippen molar-refractivity contribution in [1.82, 2.24) is 0 Å². The zero-order valence-corrected chi connectivity index (χ0v) is 19.3. The van der Waals surface area contributed by atoms with Gasteiger partial charge in [-0.25, -0.2) is 0 Å². The molecule has 0 N–H and O–H groups in total. The van der Waals surface area contributed by atoms with E-state index < -0.39 is 8.07 Å². The van der Waals surface area contributed by atoms with Gasteiger partial charge >= 0.3 is 0 Å². The fraction of sp³-hybridized carbons (Fsp3) is 0. The van der Waals surface area contributed by atoms with Gasteiger partial charge < -0.3 is 0 Å². The highest BCUT2D eigenvalue weighted by Gasteiger charge is 2.43. The van der Waals surface area contributed by atoms with Gasteiger partial charge in [-0.2, -0.15) is 0 Å². The highest BCUT2D eigenvalue weighted by atomic mass is 35.5. The van der Waals surface area contributed by atoms with E-state index in [4.69, 9.17) is 46.4 Å². The first-order valence-corrected chi connectivity index (χ1v) is 12.6. The standard InChI is InChI=1S/C24H16Cl4Si/c25-20-16-21(23(27)24(28)22(20)26)29(17-10-4-1-5-11-17,18-12-6-2-7-13-18)19-14-8-3-9-15-19/h1-16H. The van der Waals surface area contributed by atoms with Crippen LogP contribution in [0.3, 0.4) is 0 Å². The van der Waals surface area contributed by atoms with Gasteiger partial charge in [-0.3, -0.25) is 0 Å². The van der Waals surface area contributed by atoms with Crippen molar-refractivity contribution >= 4 is 75.2 Å². The molecule has 0 saturated heterocycles. The molecule has 0 unspecified atom stereocenters. The van der Waals surface area contributed by atoms with Gasteiger partial charge in [0.05, 0.1) is 20.1 Å². The van der Waals surface area contributed by atoms with E-state index in [9.17, 15) is 0 Å². The van der Waals surface area contributed by atoms with E-state index >= 15 is 0 Å². The lowest BCUT2D eigenvalue weighted by molar-refractivity contribution is 1.66. The van der Waals surface area contributed by atoms with Crippen molar-refractivity contribution < 1.29 is 0 Å². The zero-order valence-electron chi connectivity index (χ0n) is 15.2. The van der Waals surface area contributed by atoms with E-state index in [0.717, 1.165) is 5.19 Å². The Labute approximate surface area is 191 Å². The molecule has 0 aliphatic carbocycles. The van der Waals surface area contributed by atoms with Crippen molar-refractivity contribution in [1.29, 1.82) is 0 Å². The molecule has 0 aromatic heterocycles. The average molecular weight is 474 g/mol. The number of hydrogen-bond donors (Lipinski definition) is 0. The van der Waals surface area contributed by atoms with Gasteiger partial charge in [0.1, 0.15) is 0 Å². The lowest BCUT2D eigenvalue weighted by atomic mass is 10.3. The summed E-state index contributed by atoms with van der Waals surface area (Å²) in [6.07, 6.45) is 0. The fourth-order valence-corrected chi connectivity index (χ4v) is 10.1. The Hall–Kier alpha value is -1.74. The van der Waals surface area contributed by atoms with Gasteiger partial charge in [0.2, 0.25) is 0 Å². The molecule has 0 saturated carbocycles. The molecule has 0 atom stereocenters. The van der Waals surface area contributed by atoms with E-state index in [2.05, 4.69) is 72.8 Å². The highest BCUT2D eigenvalue weighted by Crippen LogP contribution is 2.35. The quantitative estimate of drug-likeness (QED) is 0.155. The van der Waals surface area contributed by atoms with Crippen molar-refractivity contribution in [2.75, 3.05) is 0 Å². The molecule has 0 fully saturated rings. The molecule has 0 aliphatic heterocycles. The summed E-state index contributed by atoms with van der Waals surface area (Å²) in [6, 6.07) is 33.2. The van der Waals surface area contributed by atoms with Gasteiger partial charge in [0.15, 0.2) is 8.07 Å². The Morgan fingerprint density at radius 3 is 1.21 bits per heavy atom. The molecule has 0 nitrogen and oxygen atoms in total. The minimum atomic E-state index is -2.79. The van der Waals surface area contributed by atoms with Gasteiger partial charge in [-0.1, -0.05) is 137 Å². The molecule has 0 bridgehead atoms. The molecule has 0 spiro atoms. The van der Waals surface area contributed by atoms with Gasteiger partial charge in [0.25, 0.3) is 0 Å². The first-order chi connectivity index (χ1) is 14.1. The van der Waals surface area contributed by atoms with Crippen LogP contribution >= 0.6 is 46.4 Å². The monoisotopic (exact) mass is 472 g/mol. The molecular formula is C24H16Cl4Si. The number of halogens is 4. The Bertz CT molecular complexity index is 1030. The average Bonchev–Trinajstić information content (AvgIpc) is 2.78. The summed E-state index contributed by atoms with van der Waals surface area (Å²) in [5.74, 6) is 0. The van der Waals surface area contributed by atoms with Crippen molar-refractivity contribution in [3.8, 4) is 0 Å². The first-order valence-electron chi connectivity index (χ1n) is 9.07. The summed E-state index contributed by atoms with van der Waals surface area (Å²) in [7, 11) is -2.79. The molecule has 4 aromatic rings. The van der Waals surface area contributed by atoms with E-state index in [0.29, 0.717) is 10.0 Å². The SMILES string of the molecule is Clc1cc([Si](c2ccccc2)(c2ccccc2)c2ccccc2)c(Cl)c(Cl)c1Cl. The second-order valence-corrected chi connectivity index (χ2v) is 12.0. The minimum Gasteiger partial charge on any atom is -0.0827 e. The molecule has 144 valence electrons.